The second-order valence-electron chi connectivity index (χ2n) is 4.95. The molecule has 0 aliphatic carbocycles. The molecule has 0 saturated heterocycles. The molecule has 7 heteroatoms. The Bertz CT molecular complexity index is 578. The van der Waals surface area contributed by atoms with E-state index < -0.39 is 13.0 Å². The maximum Gasteiger partial charge on any atom is 0.256 e. The Morgan fingerprint density at radius 1 is 1.39 bits per heavy atom. The third-order valence-corrected chi connectivity index (χ3v) is 3.32. The molecule has 0 N–H and O–H groups in total. The molecule has 123 valence electrons. The maximum absolute atomic E-state index is 12.7. The summed E-state index contributed by atoms with van der Waals surface area (Å²) < 4.78 is 35.6. The van der Waals surface area contributed by atoms with Crippen LogP contribution in [0.5, 0.6) is 5.75 Å². The molecule has 1 heterocycles. The molecule has 0 fully saturated rings. The average molecular weight is 399 g/mol. The third kappa shape index (κ3) is 5.33. The minimum Gasteiger partial charge on any atom is -0.468 e. The SMILES string of the molecule is COCOc1ccc(C2=[C-]CCC(=O)N2CC(F)F)c(C)c1.[Y]. The number of benzene rings is 1. The van der Waals surface area contributed by atoms with Crippen LogP contribution in [0.1, 0.15) is 24.0 Å². The number of rotatable bonds is 6. The Kier molecular flexibility index (Phi) is 8.30. The van der Waals surface area contributed by atoms with Crippen molar-refractivity contribution in [2.75, 3.05) is 20.4 Å². The quantitative estimate of drug-likeness (QED) is 0.546. The van der Waals surface area contributed by atoms with Crippen molar-refractivity contribution in [1.82, 2.24) is 4.90 Å². The number of halogens is 2. The van der Waals surface area contributed by atoms with Gasteiger partial charge >= 0.3 is 0 Å². The van der Waals surface area contributed by atoms with Crippen LogP contribution in [0.15, 0.2) is 18.2 Å². The number of hydrogen-bond donors (Lipinski definition) is 0. The number of alkyl halides is 2. The maximum atomic E-state index is 12.7. The third-order valence-electron chi connectivity index (χ3n) is 3.32. The summed E-state index contributed by atoms with van der Waals surface area (Å²) in [7, 11) is 1.52. The monoisotopic (exact) mass is 399 g/mol. The fourth-order valence-electron chi connectivity index (χ4n) is 2.33. The molecule has 4 nitrogen and oxygen atoms in total. The van der Waals surface area contributed by atoms with Crippen molar-refractivity contribution in [3.63, 3.8) is 0 Å². The molecule has 1 aliphatic heterocycles. The summed E-state index contributed by atoms with van der Waals surface area (Å²) in [4.78, 5) is 13.0. The van der Waals surface area contributed by atoms with Gasteiger partial charge in [0.1, 0.15) is 5.75 Å². The van der Waals surface area contributed by atoms with E-state index in [0.29, 0.717) is 23.4 Å². The molecule has 2 rings (SSSR count). The number of carbonyl (C=O) groups excluding carboxylic acids is 1. The zero-order chi connectivity index (χ0) is 16.1. The van der Waals surface area contributed by atoms with E-state index >= 15 is 0 Å². The topological polar surface area (TPSA) is 38.8 Å². The summed E-state index contributed by atoms with van der Waals surface area (Å²) in [6, 6.07) is 5.25. The van der Waals surface area contributed by atoms with Crippen LogP contribution in [0.2, 0.25) is 0 Å². The predicted molar refractivity (Wildman–Crippen MR) is 77.3 cm³/mol. The molecule has 0 unspecified atom stereocenters. The number of nitrogens with zero attached hydrogens (tertiary/aromatic N) is 1. The molecule has 0 aromatic heterocycles. The van der Waals surface area contributed by atoms with E-state index in [2.05, 4.69) is 6.08 Å². The summed E-state index contributed by atoms with van der Waals surface area (Å²) in [5.74, 6) is 0.319. The van der Waals surface area contributed by atoms with E-state index in [0.717, 1.165) is 10.5 Å². The van der Waals surface area contributed by atoms with E-state index in [9.17, 15) is 13.6 Å². The number of hydrogen-bond acceptors (Lipinski definition) is 3. The molecule has 0 atom stereocenters. The predicted octanol–water partition coefficient (Wildman–Crippen LogP) is 3.01. The van der Waals surface area contributed by atoms with Crippen LogP contribution >= 0.6 is 0 Å². The van der Waals surface area contributed by atoms with Gasteiger partial charge in [0.2, 0.25) is 5.91 Å². The molecule has 1 radical (unpaired) electrons. The van der Waals surface area contributed by atoms with E-state index in [1.54, 1.807) is 18.2 Å². The summed E-state index contributed by atoms with van der Waals surface area (Å²) in [5, 5.41) is 0. The van der Waals surface area contributed by atoms with Crippen molar-refractivity contribution in [2.24, 2.45) is 0 Å². The van der Waals surface area contributed by atoms with Crippen LogP contribution in [0.4, 0.5) is 8.78 Å². The minimum atomic E-state index is -2.58. The zero-order valence-electron chi connectivity index (χ0n) is 13.1. The van der Waals surface area contributed by atoms with Gasteiger partial charge in [0, 0.05) is 46.2 Å². The molecular formula is C16H18F2NO3Y-. The number of amides is 1. The molecule has 0 saturated carbocycles. The summed E-state index contributed by atoms with van der Waals surface area (Å²) in [6.07, 6.45) is 1.12. The van der Waals surface area contributed by atoms with E-state index in [1.807, 2.05) is 6.92 Å². The molecule has 1 aromatic carbocycles. The van der Waals surface area contributed by atoms with Gasteiger partial charge in [-0.15, -0.1) is 29.3 Å². The number of aryl methyl sites for hydroxylation is 1. The fourth-order valence-corrected chi connectivity index (χ4v) is 2.33. The van der Waals surface area contributed by atoms with Crippen molar-refractivity contribution in [1.29, 1.82) is 0 Å². The summed E-state index contributed by atoms with van der Waals surface area (Å²) in [6.45, 7) is 1.36. The Balaban J connectivity index is 0.00000264. The Morgan fingerprint density at radius 2 is 2.13 bits per heavy atom. The van der Waals surface area contributed by atoms with Gasteiger partial charge in [-0.05, 0) is 12.1 Å². The number of allylic oxidation sites excluding steroid dienone is 1. The van der Waals surface area contributed by atoms with Crippen LogP contribution in [-0.4, -0.2) is 37.7 Å². The number of carbonyl (C=O) groups is 1. The van der Waals surface area contributed by atoms with Crippen molar-refractivity contribution in [3.05, 3.63) is 35.4 Å². The average Bonchev–Trinajstić information content (AvgIpc) is 2.47. The largest absolute Gasteiger partial charge is 0.468 e. The first-order valence-corrected chi connectivity index (χ1v) is 6.95. The number of ether oxygens (including phenoxy) is 2. The van der Waals surface area contributed by atoms with Gasteiger partial charge in [-0.3, -0.25) is 4.79 Å². The van der Waals surface area contributed by atoms with Crippen LogP contribution in [-0.2, 0) is 42.2 Å². The summed E-state index contributed by atoms with van der Waals surface area (Å²) in [5.41, 5.74) is 1.95. The van der Waals surface area contributed by atoms with Crippen LogP contribution < -0.4 is 4.74 Å². The normalized spacial score (nSPS) is 14.6. The van der Waals surface area contributed by atoms with Gasteiger partial charge in [0.15, 0.2) is 6.79 Å². The first kappa shape index (κ1) is 20.2. The molecule has 0 spiro atoms. The Hall–Kier alpha value is -0.846. The first-order valence-electron chi connectivity index (χ1n) is 6.95. The van der Waals surface area contributed by atoms with Gasteiger partial charge in [0.05, 0.1) is 6.54 Å². The van der Waals surface area contributed by atoms with Crippen LogP contribution in [0.25, 0.3) is 5.70 Å². The van der Waals surface area contributed by atoms with Crippen LogP contribution in [0.3, 0.4) is 0 Å². The molecule has 1 aliphatic rings. The van der Waals surface area contributed by atoms with Gasteiger partial charge in [-0.25, -0.2) is 14.9 Å². The molecule has 23 heavy (non-hydrogen) atoms. The van der Waals surface area contributed by atoms with Gasteiger partial charge < -0.3 is 14.4 Å². The fraction of sp³-hybridized carbons (Fsp3) is 0.438. The second-order valence-corrected chi connectivity index (χ2v) is 4.95. The first-order chi connectivity index (χ1) is 10.5. The molecule has 1 aromatic rings. The van der Waals surface area contributed by atoms with Gasteiger partial charge in [-0.1, -0.05) is 6.92 Å². The van der Waals surface area contributed by atoms with Gasteiger partial charge in [0.25, 0.3) is 6.43 Å². The van der Waals surface area contributed by atoms with Crippen molar-refractivity contribution in [2.45, 2.75) is 26.2 Å². The second kappa shape index (κ2) is 9.45. The Labute approximate surface area is 159 Å². The van der Waals surface area contributed by atoms with Crippen molar-refractivity contribution in [3.8, 4) is 5.75 Å². The van der Waals surface area contributed by atoms with Gasteiger partial charge in [-0.2, -0.15) is 0 Å². The summed E-state index contributed by atoms with van der Waals surface area (Å²) >= 11 is 0. The Morgan fingerprint density at radius 3 is 2.74 bits per heavy atom. The molecular weight excluding hydrogens is 381 g/mol. The zero-order valence-corrected chi connectivity index (χ0v) is 16.0. The van der Waals surface area contributed by atoms with Crippen molar-refractivity contribution >= 4 is 11.6 Å². The molecule has 0 bridgehead atoms. The number of methoxy groups -OCH3 is 1. The van der Waals surface area contributed by atoms with E-state index in [-0.39, 0.29) is 51.8 Å². The van der Waals surface area contributed by atoms with E-state index in [1.165, 1.54) is 7.11 Å². The van der Waals surface area contributed by atoms with Crippen LogP contribution in [0, 0.1) is 13.0 Å². The van der Waals surface area contributed by atoms with E-state index in [4.69, 9.17) is 9.47 Å². The molecule has 1 amide bonds. The standard InChI is InChI=1S/C16H18F2NO3.Y/c1-11-8-12(22-10-21-2)6-7-13(11)14-4-3-5-16(20)19(14)9-15(17)18;/h6-8,15H,3,5,9-10H2,1-2H3;/q-1;. The van der Waals surface area contributed by atoms with Crippen molar-refractivity contribution < 1.29 is 55.8 Å². The minimum absolute atomic E-state index is 0. The smallest absolute Gasteiger partial charge is 0.256 e.